The summed E-state index contributed by atoms with van der Waals surface area (Å²) in [4.78, 5) is 0. The lowest BCUT2D eigenvalue weighted by molar-refractivity contribution is 0.448. The molecule has 0 aliphatic heterocycles. The highest BCUT2D eigenvalue weighted by atomic mass is 16.3. The van der Waals surface area contributed by atoms with E-state index in [9.17, 15) is 10.2 Å². The predicted octanol–water partition coefficient (Wildman–Crippen LogP) is 6.36. The van der Waals surface area contributed by atoms with E-state index >= 15 is 0 Å². The van der Waals surface area contributed by atoms with Gasteiger partial charge in [0.15, 0.2) is 0 Å². The largest absolute Gasteiger partial charge is 0.507 e. The zero-order chi connectivity index (χ0) is 16.9. The molecule has 0 heterocycles. The van der Waals surface area contributed by atoms with Crippen LogP contribution in [-0.4, -0.2) is 10.2 Å². The molecule has 0 bridgehead atoms. The monoisotopic (exact) mass is 314 g/mol. The zero-order valence-corrected chi connectivity index (χ0v) is 14.3. The molecule has 23 heavy (non-hydrogen) atoms. The maximum Gasteiger partial charge on any atom is 0.127 e. The van der Waals surface area contributed by atoms with Crippen molar-refractivity contribution in [3.05, 3.63) is 54.6 Å². The number of benzene rings is 1. The molecule has 0 amide bonds. The van der Waals surface area contributed by atoms with E-state index in [1.54, 1.807) is 30.4 Å². The van der Waals surface area contributed by atoms with Gasteiger partial charge < -0.3 is 10.2 Å². The second kappa shape index (κ2) is 11.6. The van der Waals surface area contributed by atoms with Crippen molar-refractivity contribution >= 4 is 5.57 Å². The smallest absolute Gasteiger partial charge is 0.127 e. The molecule has 2 nitrogen and oxygen atoms in total. The molecule has 2 heteroatoms. The van der Waals surface area contributed by atoms with Crippen LogP contribution in [0.3, 0.4) is 0 Å². The second-order valence-corrected chi connectivity index (χ2v) is 5.84. The SMILES string of the molecule is C=CC=C(C=CCCCCCCCCC)c1c(O)cccc1O. The van der Waals surface area contributed by atoms with Crippen LogP contribution in [0.4, 0.5) is 0 Å². The van der Waals surface area contributed by atoms with Gasteiger partial charge in [0, 0.05) is 0 Å². The van der Waals surface area contributed by atoms with Crippen molar-refractivity contribution < 1.29 is 10.2 Å². The van der Waals surface area contributed by atoms with Crippen molar-refractivity contribution in [3.63, 3.8) is 0 Å². The Bertz CT molecular complexity index is 506. The van der Waals surface area contributed by atoms with Crippen molar-refractivity contribution in [1.29, 1.82) is 0 Å². The van der Waals surface area contributed by atoms with Crippen molar-refractivity contribution in [2.24, 2.45) is 0 Å². The molecule has 126 valence electrons. The number of allylic oxidation sites excluding steroid dienone is 5. The molecule has 1 aromatic rings. The molecule has 1 rings (SSSR count). The van der Waals surface area contributed by atoms with Crippen LogP contribution in [-0.2, 0) is 0 Å². The Balaban J connectivity index is 2.48. The molecule has 1 aromatic carbocycles. The summed E-state index contributed by atoms with van der Waals surface area (Å²) in [6.45, 7) is 5.94. The van der Waals surface area contributed by atoms with Gasteiger partial charge in [0.05, 0.1) is 5.56 Å². The number of hydrogen-bond acceptors (Lipinski definition) is 2. The van der Waals surface area contributed by atoms with E-state index in [0.29, 0.717) is 5.56 Å². The van der Waals surface area contributed by atoms with Gasteiger partial charge >= 0.3 is 0 Å². The number of aromatic hydroxyl groups is 2. The summed E-state index contributed by atoms with van der Waals surface area (Å²) in [5, 5.41) is 19.9. The summed E-state index contributed by atoms with van der Waals surface area (Å²) in [5.74, 6) is 0.164. The van der Waals surface area contributed by atoms with E-state index in [0.717, 1.165) is 12.0 Å². The highest BCUT2D eigenvalue weighted by molar-refractivity contribution is 5.81. The normalized spacial score (nSPS) is 12.0. The zero-order valence-electron chi connectivity index (χ0n) is 14.3. The Morgan fingerprint density at radius 3 is 2.22 bits per heavy atom. The van der Waals surface area contributed by atoms with Crippen molar-refractivity contribution in [2.75, 3.05) is 0 Å². The van der Waals surface area contributed by atoms with Crippen molar-refractivity contribution in [2.45, 2.75) is 58.3 Å². The van der Waals surface area contributed by atoms with Gasteiger partial charge in [0.2, 0.25) is 0 Å². The lowest BCUT2D eigenvalue weighted by Gasteiger charge is -2.07. The average molecular weight is 314 g/mol. The standard InChI is InChI=1S/C21H30O2/c1-3-5-6-7-8-9-10-11-12-15-18(14-4-2)21-19(22)16-13-17-20(21)23/h4,12-17,22-23H,2-3,5-11H2,1H3. The summed E-state index contributed by atoms with van der Waals surface area (Å²) >= 11 is 0. The van der Waals surface area contributed by atoms with E-state index in [-0.39, 0.29) is 11.5 Å². The van der Waals surface area contributed by atoms with Crippen LogP contribution < -0.4 is 0 Å². The number of phenolic OH excluding ortho intramolecular Hbond substituents is 2. The fourth-order valence-corrected chi connectivity index (χ4v) is 2.60. The first-order valence-electron chi connectivity index (χ1n) is 8.71. The summed E-state index contributed by atoms with van der Waals surface area (Å²) in [6.07, 6.45) is 17.6. The van der Waals surface area contributed by atoms with Gasteiger partial charge in [0.1, 0.15) is 11.5 Å². The molecule has 0 aliphatic carbocycles. The van der Waals surface area contributed by atoms with E-state index in [2.05, 4.69) is 19.6 Å². The number of phenols is 2. The molecular weight excluding hydrogens is 284 g/mol. The van der Waals surface area contributed by atoms with Crippen LogP contribution in [0.25, 0.3) is 5.57 Å². The van der Waals surface area contributed by atoms with Gasteiger partial charge in [-0.3, -0.25) is 0 Å². The van der Waals surface area contributed by atoms with Crippen molar-refractivity contribution in [3.8, 4) is 11.5 Å². The van der Waals surface area contributed by atoms with Crippen LogP contribution in [0.5, 0.6) is 11.5 Å². The van der Waals surface area contributed by atoms with Crippen LogP contribution in [0.15, 0.2) is 49.1 Å². The minimum Gasteiger partial charge on any atom is -0.507 e. The average Bonchev–Trinajstić information content (AvgIpc) is 2.53. The van der Waals surface area contributed by atoms with Gasteiger partial charge in [0.25, 0.3) is 0 Å². The molecule has 0 atom stereocenters. The van der Waals surface area contributed by atoms with Crippen molar-refractivity contribution in [1.82, 2.24) is 0 Å². The summed E-state index contributed by atoms with van der Waals surface area (Å²) in [6, 6.07) is 4.79. The fraction of sp³-hybridized carbons (Fsp3) is 0.429. The molecule has 0 aliphatic rings. The fourth-order valence-electron chi connectivity index (χ4n) is 2.60. The lowest BCUT2D eigenvalue weighted by Crippen LogP contribution is -1.84. The summed E-state index contributed by atoms with van der Waals surface area (Å²) in [5.41, 5.74) is 1.24. The van der Waals surface area contributed by atoms with Crippen LogP contribution in [0, 0.1) is 0 Å². The number of unbranched alkanes of at least 4 members (excludes halogenated alkanes) is 7. The molecule has 0 unspecified atom stereocenters. The minimum atomic E-state index is 0.0821. The summed E-state index contributed by atoms with van der Waals surface area (Å²) < 4.78 is 0. The predicted molar refractivity (Wildman–Crippen MR) is 99.7 cm³/mol. The Labute approximate surface area is 140 Å². The highest BCUT2D eigenvalue weighted by Crippen LogP contribution is 2.34. The maximum absolute atomic E-state index is 9.96. The third-order valence-corrected chi connectivity index (χ3v) is 3.88. The number of rotatable bonds is 11. The second-order valence-electron chi connectivity index (χ2n) is 5.84. The third kappa shape index (κ3) is 7.23. The summed E-state index contributed by atoms with van der Waals surface area (Å²) in [7, 11) is 0. The molecule has 0 saturated heterocycles. The topological polar surface area (TPSA) is 40.5 Å². The Morgan fingerprint density at radius 1 is 1.00 bits per heavy atom. The van der Waals surface area contributed by atoms with E-state index in [1.165, 1.54) is 44.9 Å². The van der Waals surface area contributed by atoms with E-state index in [4.69, 9.17) is 0 Å². The lowest BCUT2D eigenvalue weighted by atomic mass is 10.0. The van der Waals surface area contributed by atoms with Crippen LogP contribution >= 0.6 is 0 Å². The number of hydrogen-bond donors (Lipinski definition) is 2. The molecule has 0 spiro atoms. The van der Waals surface area contributed by atoms with Gasteiger partial charge in [-0.2, -0.15) is 0 Å². The molecule has 0 fully saturated rings. The molecule has 0 aromatic heterocycles. The first-order chi connectivity index (χ1) is 11.2. The Morgan fingerprint density at radius 2 is 1.61 bits per heavy atom. The molecule has 0 saturated carbocycles. The van der Waals surface area contributed by atoms with Crippen LogP contribution in [0.2, 0.25) is 0 Å². The molecule has 2 N–H and O–H groups in total. The molecule has 0 radical (unpaired) electrons. The van der Waals surface area contributed by atoms with E-state index < -0.39 is 0 Å². The Kier molecular flexibility index (Phi) is 9.62. The quantitative estimate of drug-likeness (QED) is 0.368. The molecular formula is C21H30O2. The van der Waals surface area contributed by atoms with Gasteiger partial charge in [-0.25, -0.2) is 0 Å². The van der Waals surface area contributed by atoms with Gasteiger partial charge in [-0.05, 0) is 30.5 Å². The van der Waals surface area contributed by atoms with Crippen LogP contribution in [0.1, 0.15) is 63.9 Å². The van der Waals surface area contributed by atoms with Gasteiger partial charge in [-0.15, -0.1) is 0 Å². The first kappa shape index (κ1) is 19.1. The third-order valence-electron chi connectivity index (χ3n) is 3.88. The Hall–Kier alpha value is -1.96. The van der Waals surface area contributed by atoms with Gasteiger partial charge in [-0.1, -0.05) is 82.4 Å². The van der Waals surface area contributed by atoms with E-state index in [1.807, 2.05) is 6.08 Å². The maximum atomic E-state index is 9.96. The first-order valence-corrected chi connectivity index (χ1v) is 8.71. The highest BCUT2D eigenvalue weighted by Gasteiger charge is 2.09. The minimum absolute atomic E-state index is 0.0821.